The number of hydrogen-bond donors (Lipinski definition) is 3. The number of H-pyrrole nitrogens is 1. The highest BCUT2D eigenvalue weighted by molar-refractivity contribution is 6.03. The molecule has 4 N–H and O–H groups in total. The van der Waals surface area contributed by atoms with Gasteiger partial charge in [-0.05, 0) is 43.0 Å². The van der Waals surface area contributed by atoms with Crippen molar-refractivity contribution in [1.29, 1.82) is 0 Å². The second kappa shape index (κ2) is 12.4. The molecule has 1 fully saturated rings. The Kier molecular flexibility index (Phi) is 9.00. The second-order valence-corrected chi connectivity index (χ2v) is 7.88. The van der Waals surface area contributed by atoms with Crippen molar-refractivity contribution in [3.8, 4) is 0 Å². The van der Waals surface area contributed by atoms with Gasteiger partial charge >= 0.3 is 6.09 Å². The maximum atomic E-state index is 12.6. The third kappa shape index (κ3) is 6.69. The number of primary amides is 1. The SMILES string of the molecule is CC.Cc1cccc(Nc2[nH]nc(N=CC3CCCN3C(=O)OCc3ccccc3)c2C(N)=O)c1. The Hall–Kier alpha value is -4.14. The fourth-order valence-electron chi connectivity index (χ4n) is 3.75. The van der Waals surface area contributed by atoms with Crippen LogP contribution in [0.3, 0.4) is 0 Å². The molecule has 1 aliphatic heterocycles. The summed E-state index contributed by atoms with van der Waals surface area (Å²) in [7, 11) is 0. The molecule has 184 valence electrons. The number of likely N-dealkylation sites (tertiary alicyclic amines) is 1. The number of nitrogens with one attached hydrogen (secondary N) is 2. The number of aromatic nitrogens is 2. The minimum absolute atomic E-state index is 0.156. The molecule has 0 bridgehead atoms. The van der Waals surface area contributed by atoms with Crippen LogP contribution in [-0.2, 0) is 11.3 Å². The minimum atomic E-state index is -0.656. The molecule has 2 amide bonds. The Morgan fingerprint density at radius 3 is 2.71 bits per heavy atom. The highest BCUT2D eigenvalue weighted by atomic mass is 16.6. The van der Waals surface area contributed by atoms with Crippen molar-refractivity contribution in [2.24, 2.45) is 10.7 Å². The van der Waals surface area contributed by atoms with Gasteiger partial charge in [0.1, 0.15) is 18.0 Å². The van der Waals surface area contributed by atoms with E-state index in [1.807, 2.05) is 75.4 Å². The molecular weight excluding hydrogens is 444 g/mol. The number of rotatable bonds is 7. The molecule has 1 aliphatic rings. The van der Waals surface area contributed by atoms with Gasteiger partial charge in [0.05, 0.1) is 6.04 Å². The molecular formula is C26H32N6O3. The second-order valence-electron chi connectivity index (χ2n) is 7.88. The van der Waals surface area contributed by atoms with Crippen molar-refractivity contribution in [2.45, 2.75) is 46.3 Å². The maximum absolute atomic E-state index is 12.6. The molecule has 9 heteroatoms. The van der Waals surface area contributed by atoms with Crippen LogP contribution >= 0.6 is 0 Å². The first kappa shape index (κ1) is 25.5. The standard InChI is InChI=1S/C24H26N6O3.C2H6/c1-16-7-5-10-18(13-16)27-23-20(21(25)31)22(28-29-23)26-14-19-11-6-12-30(19)24(32)33-15-17-8-3-2-4-9-17;1-2/h2-5,7-10,13-14,19H,6,11-12,15H2,1H3,(H2,25,31)(H2,27,28,29);1-2H3. The number of carbonyl (C=O) groups is 2. The zero-order valence-corrected chi connectivity index (χ0v) is 20.3. The van der Waals surface area contributed by atoms with E-state index in [2.05, 4.69) is 20.5 Å². The Bertz CT molecular complexity index is 1160. The number of hydrogen-bond acceptors (Lipinski definition) is 6. The number of benzene rings is 2. The van der Waals surface area contributed by atoms with Gasteiger partial charge in [-0.2, -0.15) is 5.10 Å². The average molecular weight is 477 g/mol. The van der Waals surface area contributed by atoms with Crippen LogP contribution in [0.15, 0.2) is 59.6 Å². The van der Waals surface area contributed by atoms with Crippen molar-refractivity contribution in [2.75, 3.05) is 11.9 Å². The van der Waals surface area contributed by atoms with E-state index in [1.54, 1.807) is 11.1 Å². The van der Waals surface area contributed by atoms with E-state index >= 15 is 0 Å². The van der Waals surface area contributed by atoms with Gasteiger partial charge in [-0.25, -0.2) is 9.79 Å². The summed E-state index contributed by atoms with van der Waals surface area (Å²) in [4.78, 5) is 30.7. The Morgan fingerprint density at radius 2 is 2.00 bits per heavy atom. The highest BCUT2D eigenvalue weighted by Crippen LogP contribution is 2.27. The minimum Gasteiger partial charge on any atom is -0.445 e. The highest BCUT2D eigenvalue weighted by Gasteiger charge is 2.29. The maximum Gasteiger partial charge on any atom is 0.410 e. The Labute approximate surface area is 205 Å². The fraction of sp³-hybridized carbons (Fsp3) is 0.308. The van der Waals surface area contributed by atoms with Gasteiger partial charge in [-0.15, -0.1) is 0 Å². The summed E-state index contributed by atoms with van der Waals surface area (Å²) in [6.07, 6.45) is 2.80. The molecule has 2 heterocycles. The monoisotopic (exact) mass is 476 g/mol. The van der Waals surface area contributed by atoms with Crippen molar-refractivity contribution in [3.05, 3.63) is 71.3 Å². The fourth-order valence-corrected chi connectivity index (χ4v) is 3.75. The smallest absolute Gasteiger partial charge is 0.410 e. The van der Waals surface area contributed by atoms with E-state index < -0.39 is 12.0 Å². The van der Waals surface area contributed by atoms with E-state index in [9.17, 15) is 9.59 Å². The van der Waals surface area contributed by atoms with Gasteiger partial charge in [0.25, 0.3) is 5.91 Å². The lowest BCUT2D eigenvalue weighted by molar-refractivity contribution is 0.0990. The van der Waals surface area contributed by atoms with E-state index in [0.29, 0.717) is 12.4 Å². The molecule has 1 unspecified atom stereocenters. The quantitative estimate of drug-likeness (QED) is 0.410. The van der Waals surface area contributed by atoms with Crippen LogP contribution in [0.25, 0.3) is 0 Å². The summed E-state index contributed by atoms with van der Waals surface area (Å²) in [5.74, 6) is -0.121. The largest absolute Gasteiger partial charge is 0.445 e. The molecule has 0 aliphatic carbocycles. The van der Waals surface area contributed by atoms with Crippen LogP contribution in [0, 0.1) is 6.92 Å². The number of amides is 2. The van der Waals surface area contributed by atoms with E-state index in [1.165, 1.54) is 0 Å². The van der Waals surface area contributed by atoms with Gasteiger partial charge in [-0.3, -0.25) is 9.89 Å². The molecule has 3 aromatic rings. The number of nitrogens with zero attached hydrogens (tertiary/aromatic N) is 3. The third-order valence-corrected chi connectivity index (χ3v) is 5.39. The lowest BCUT2D eigenvalue weighted by atomic mass is 10.2. The van der Waals surface area contributed by atoms with Gasteiger partial charge < -0.3 is 20.7 Å². The molecule has 2 aromatic carbocycles. The average Bonchev–Trinajstić information content (AvgIpc) is 3.50. The van der Waals surface area contributed by atoms with Gasteiger partial charge in [0.2, 0.25) is 0 Å². The van der Waals surface area contributed by atoms with Crippen molar-refractivity contribution >= 4 is 35.5 Å². The van der Waals surface area contributed by atoms with E-state index in [4.69, 9.17) is 10.5 Å². The first-order valence-corrected chi connectivity index (χ1v) is 11.7. The third-order valence-electron chi connectivity index (χ3n) is 5.39. The lowest BCUT2D eigenvalue weighted by Crippen LogP contribution is -2.36. The Morgan fingerprint density at radius 1 is 1.23 bits per heavy atom. The predicted octanol–water partition coefficient (Wildman–Crippen LogP) is 5.09. The normalized spacial score (nSPS) is 14.9. The molecule has 0 saturated carbocycles. The van der Waals surface area contributed by atoms with Gasteiger partial charge in [-0.1, -0.05) is 56.3 Å². The number of ether oxygens (including phenoxy) is 1. The van der Waals surface area contributed by atoms with Gasteiger partial charge in [0, 0.05) is 18.4 Å². The zero-order valence-electron chi connectivity index (χ0n) is 20.3. The van der Waals surface area contributed by atoms with Gasteiger partial charge in [0.15, 0.2) is 5.82 Å². The summed E-state index contributed by atoms with van der Waals surface area (Å²) in [5, 5.41) is 10.1. The number of anilines is 2. The topological polar surface area (TPSA) is 126 Å². The molecule has 1 saturated heterocycles. The molecule has 9 nitrogen and oxygen atoms in total. The number of aromatic amines is 1. The number of nitrogens with two attached hydrogens (primary N) is 1. The van der Waals surface area contributed by atoms with E-state index in [0.717, 1.165) is 29.7 Å². The summed E-state index contributed by atoms with van der Waals surface area (Å²) < 4.78 is 5.46. The zero-order chi connectivity index (χ0) is 25.2. The predicted molar refractivity (Wildman–Crippen MR) is 137 cm³/mol. The molecule has 35 heavy (non-hydrogen) atoms. The molecule has 4 rings (SSSR count). The summed E-state index contributed by atoms with van der Waals surface area (Å²) in [6, 6.07) is 17.0. The number of aliphatic imine (C=N–C) groups is 1. The first-order valence-electron chi connectivity index (χ1n) is 11.7. The Balaban J connectivity index is 0.00000167. The van der Waals surface area contributed by atoms with E-state index in [-0.39, 0.29) is 24.0 Å². The number of carbonyl (C=O) groups excluding carboxylic acids is 2. The summed E-state index contributed by atoms with van der Waals surface area (Å²) in [6.45, 7) is 6.76. The summed E-state index contributed by atoms with van der Waals surface area (Å²) >= 11 is 0. The number of aryl methyl sites for hydroxylation is 1. The van der Waals surface area contributed by atoms with Crippen LogP contribution in [-0.4, -0.2) is 45.9 Å². The van der Waals surface area contributed by atoms with Crippen LogP contribution in [0.1, 0.15) is 48.2 Å². The summed E-state index contributed by atoms with van der Waals surface area (Å²) in [5.41, 5.74) is 8.54. The van der Waals surface area contributed by atoms with Crippen molar-refractivity contribution < 1.29 is 14.3 Å². The lowest BCUT2D eigenvalue weighted by Gasteiger charge is -2.21. The van der Waals surface area contributed by atoms with Crippen LogP contribution < -0.4 is 11.1 Å². The molecule has 1 aromatic heterocycles. The van der Waals surface area contributed by atoms with Crippen LogP contribution in [0.5, 0.6) is 0 Å². The van der Waals surface area contributed by atoms with Crippen LogP contribution in [0.2, 0.25) is 0 Å². The van der Waals surface area contributed by atoms with Crippen molar-refractivity contribution in [1.82, 2.24) is 15.1 Å². The first-order chi connectivity index (χ1) is 17.0. The molecule has 0 radical (unpaired) electrons. The van der Waals surface area contributed by atoms with Crippen LogP contribution in [0.4, 0.5) is 22.1 Å². The molecule has 1 atom stereocenters. The van der Waals surface area contributed by atoms with Crippen molar-refractivity contribution in [3.63, 3.8) is 0 Å². The molecule has 0 spiro atoms.